The fraction of sp³-hybridized carbons (Fsp3) is 0.211. The van der Waals surface area contributed by atoms with Crippen LogP contribution in [0.4, 0.5) is 16.5 Å². The fourth-order valence-electron chi connectivity index (χ4n) is 2.26. The summed E-state index contributed by atoms with van der Waals surface area (Å²) < 4.78 is 5.88. The number of hydrogen-bond donors (Lipinski definition) is 2. The summed E-state index contributed by atoms with van der Waals surface area (Å²) in [5.41, 5.74) is 4.06. The highest BCUT2D eigenvalue weighted by atomic mass is 32.2. The van der Waals surface area contributed by atoms with Crippen LogP contribution in [0.25, 0.3) is 0 Å². The topological polar surface area (TPSA) is 76.1 Å². The molecule has 27 heavy (non-hydrogen) atoms. The Morgan fingerprint density at radius 3 is 2.52 bits per heavy atom. The molecular weight excluding hydrogens is 380 g/mol. The number of nitrogens with one attached hydrogen (secondary N) is 2. The molecule has 0 aliphatic heterocycles. The number of ether oxygens (including phenoxy) is 1. The van der Waals surface area contributed by atoms with Crippen LogP contribution in [-0.2, 0) is 4.79 Å². The van der Waals surface area contributed by atoms with Crippen LogP contribution in [0.15, 0.2) is 46.8 Å². The Hall–Kier alpha value is -2.58. The van der Waals surface area contributed by atoms with Gasteiger partial charge in [0.05, 0.1) is 12.9 Å². The first kappa shape index (κ1) is 19.2. The zero-order chi connectivity index (χ0) is 19.2. The van der Waals surface area contributed by atoms with Crippen molar-refractivity contribution in [3.63, 3.8) is 0 Å². The van der Waals surface area contributed by atoms with Crippen molar-refractivity contribution in [3.05, 3.63) is 53.6 Å². The van der Waals surface area contributed by atoms with Crippen LogP contribution >= 0.6 is 23.1 Å². The summed E-state index contributed by atoms with van der Waals surface area (Å²) in [7, 11) is 1.63. The minimum Gasteiger partial charge on any atom is -0.497 e. The van der Waals surface area contributed by atoms with Crippen LogP contribution in [-0.4, -0.2) is 29.0 Å². The second-order valence-electron chi connectivity index (χ2n) is 5.86. The molecule has 1 amide bonds. The van der Waals surface area contributed by atoms with Crippen LogP contribution in [0, 0.1) is 13.8 Å². The summed E-state index contributed by atoms with van der Waals surface area (Å²) in [6.07, 6.45) is 0. The largest absolute Gasteiger partial charge is 0.497 e. The van der Waals surface area contributed by atoms with Gasteiger partial charge in [-0.25, -0.2) is 0 Å². The van der Waals surface area contributed by atoms with Crippen molar-refractivity contribution in [3.8, 4) is 5.75 Å². The van der Waals surface area contributed by atoms with Gasteiger partial charge in [-0.15, -0.1) is 10.2 Å². The maximum absolute atomic E-state index is 12.1. The lowest BCUT2D eigenvalue weighted by Gasteiger charge is -2.06. The number of benzene rings is 2. The molecule has 1 aromatic heterocycles. The third-order valence-electron chi connectivity index (χ3n) is 3.87. The molecule has 0 aliphatic rings. The molecule has 140 valence electrons. The second kappa shape index (κ2) is 8.88. The summed E-state index contributed by atoms with van der Waals surface area (Å²) in [6.45, 7) is 4.07. The van der Waals surface area contributed by atoms with Crippen molar-refractivity contribution in [2.75, 3.05) is 23.5 Å². The monoisotopic (exact) mass is 400 g/mol. The van der Waals surface area contributed by atoms with Crippen molar-refractivity contribution in [2.45, 2.75) is 18.2 Å². The zero-order valence-electron chi connectivity index (χ0n) is 15.3. The first-order valence-electron chi connectivity index (χ1n) is 8.28. The maximum atomic E-state index is 12.1. The fourth-order valence-corrected chi connectivity index (χ4v) is 3.83. The molecule has 3 aromatic rings. The Bertz CT molecular complexity index is 926. The second-order valence-corrected chi connectivity index (χ2v) is 8.06. The van der Waals surface area contributed by atoms with Gasteiger partial charge in [0, 0.05) is 11.4 Å². The van der Waals surface area contributed by atoms with Crippen LogP contribution in [0.1, 0.15) is 11.1 Å². The number of amides is 1. The van der Waals surface area contributed by atoms with Gasteiger partial charge in [-0.05, 0) is 61.4 Å². The molecule has 0 aliphatic carbocycles. The van der Waals surface area contributed by atoms with Gasteiger partial charge in [0.15, 0.2) is 4.34 Å². The Morgan fingerprint density at radius 1 is 1.07 bits per heavy atom. The van der Waals surface area contributed by atoms with E-state index in [2.05, 4.69) is 20.8 Å². The van der Waals surface area contributed by atoms with E-state index in [-0.39, 0.29) is 11.7 Å². The number of rotatable bonds is 7. The normalized spacial score (nSPS) is 10.5. The molecule has 0 bridgehead atoms. The van der Waals surface area contributed by atoms with Crippen LogP contribution in [0.2, 0.25) is 0 Å². The molecule has 3 rings (SSSR count). The number of aromatic nitrogens is 2. The van der Waals surface area contributed by atoms with Crippen LogP contribution in [0.3, 0.4) is 0 Å². The highest BCUT2D eigenvalue weighted by molar-refractivity contribution is 8.01. The SMILES string of the molecule is COc1ccc(Nc2nnc(SCC(=O)Nc3ccc(C)c(C)c3)s2)cc1. The number of carbonyl (C=O) groups excluding carboxylic acids is 1. The van der Waals surface area contributed by atoms with E-state index in [4.69, 9.17) is 4.74 Å². The number of hydrogen-bond acceptors (Lipinski definition) is 7. The quantitative estimate of drug-likeness (QED) is 0.563. The Balaban J connectivity index is 1.51. The van der Waals surface area contributed by atoms with Crippen molar-refractivity contribution >= 4 is 45.5 Å². The molecule has 2 N–H and O–H groups in total. The summed E-state index contributed by atoms with van der Waals surface area (Å²) in [5.74, 6) is 1.01. The number of anilines is 3. The standard InChI is InChI=1S/C19H20N4O2S2/c1-12-4-5-15(10-13(12)2)20-17(24)11-26-19-23-22-18(27-19)21-14-6-8-16(25-3)9-7-14/h4-10H,11H2,1-3H3,(H,20,24)(H,21,22). The molecule has 2 aromatic carbocycles. The van der Waals surface area contributed by atoms with Crippen LogP contribution < -0.4 is 15.4 Å². The summed E-state index contributed by atoms with van der Waals surface area (Å²) in [5, 5.41) is 15.0. The van der Waals surface area contributed by atoms with Crippen molar-refractivity contribution < 1.29 is 9.53 Å². The van der Waals surface area contributed by atoms with E-state index < -0.39 is 0 Å². The number of carbonyl (C=O) groups is 1. The molecule has 8 heteroatoms. The first-order valence-corrected chi connectivity index (χ1v) is 10.1. The first-order chi connectivity index (χ1) is 13.0. The average molecular weight is 401 g/mol. The molecule has 0 saturated carbocycles. The number of thioether (sulfide) groups is 1. The van der Waals surface area contributed by atoms with E-state index in [0.29, 0.717) is 5.13 Å². The highest BCUT2D eigenvalue weighted by Gasteiger charge is 2.09. The summed E-state index contributed by atoms with van der Waals surface area (Å²) in [4.78, 5) is 12.1. The van der Waals surface area contributed by atoms with E-state index in [1.165, 1.54) is 28.7 Å². The van der Waals surface area contributed by atoms with E-state index >= 15 is 0 Å². The molecule has 0 fully saturated rings. The molecule has 0 unspecified atom stereocenters. The number of nitrogens with zero attached hydrogens (tertiary/aromatic N) is 2. The van der Waals surface area contributed by atoms with E-state index in [1.807, 2.05) is 56.3 Å². The van der Waals surface area contributed by atoms with Crippen molar-refractivity contribution in [1.29, 1.82) is 0 Å². The molecule has 0 saturated heterocycles. The highest BCUT2D eigenvalue weighted by Crippen LogP contribution is 2.28. The van der Waals surface area contributed by atoms with E-state index in [0.717, 1.165) is 27.0 Å². The Labute approximate surface area is 166 Å². The summed E-state index contributed by atoms with van der Waals surface area (Å²) in [6, 6.07) is 13.4. The van der Waals surface area contributed by atoms with Crippen molar-refractivity contribution in [1.82, 2.24) is 10.2 Å². The minimum atomic E-state index is -0.0666. The van der Waals surface area contributed by atoms with Gasteiger partial charge in [-0.3, -0.25) is 4.79 Å². The Kier molecular flexibility index (Phi) is 6.31. The van der Waals surface area contributed by atoms with Gasteiger partial charge in [-0.2, -0.15) is 0 Å². The number of methoxy groups -OCH3 is 1. The van der Waals surface area contributed by atoms with Gasteiger partial charge in [0.2, 0.25) is 11.0 Å². The average Bonchev–Trinajstić information content (AvgIpc) is 3.11. The molecule has 6 nitrogen and oxygen atoms in total. The predicted octanol–water partition coefficient (Wildman–Crippen LogP) is 4.64. The lowest BCUT2D eigenvalue weighted by atomic mass is 10.1. The molecule has 0 atom stereocenters. The van der Waals surface area contributed by atoms with Gasteiger partial charge in [0.25, 0.3) is 0 Å². The van der Waals surface area contributed by atoms with Gasteiger partial charge >= 0.3 is 0 Å². The van der Waals surface area contributed by atoms with Gasteiger partial charge in [-0.1, -0.05) is 29.2 Å². The lowest BCUT2D eigenvalue weighted by molar-refractivity contribution is -0.113. The molecule has 0 spiro atoms. The lowest BCUT2D eigenvalue weighted by Crippen LogP contribution is -2.14. The predicted molar refractivity (Wildman–Crippen MR) is 111 cm³/mol. The Morgan fingerprint density at radius 2 is 1.81 bits per heavy atom. The number of aryl methyl sites for hydroxylation is 2. The minimum absolute atomic E-state index is 0.0666. The van der Waals surface area contributed by atoms with Crippen molar-refractivity contribution in [2.24, 2.45) is 0 Å². The van der Waals surface area contributed by atoms with E-state index in [9.17, 15) is 4.79 Å². The molecule has 1 heterocycles. The smallest absolute Gasteiger partial charge is 0.234 e. The molecule has 0 radical (unpaired) electrons. The van der Waals surface area contributed by atoms with E-state index in [1.54, 1.807) is 7.11 Å². The van der Waals surface area contributed by atoms with Gasteiger partial charge < -0.3 is 15.4 Å². The molecular formula is C19H20N4O2S2. The summed E-state index contributed by atoms with van der Waals surface area (Å²) >= 11 is 2.77. The van der Waals surface area contributed by atoms with Gasteiger partial charge in [0.1, 0.15) is 5.75 Å². The third-order valence-corrected chi connectivity index (χ3v) is 5.84. The third kappa shape index (κ3) is 5.45. The van der Waals surface area contributed by atoms with Crippen LogP contribution in [0.5, 0.6) is 5.75 Å². The zero-order valence-corrected chi connectivity index (χ0v) is 16.9. The maximum Gasteiger partial charge on any atom is 0.234 e.